The van der Waals surface area contributed by atoms with Crippen LogP contribution in [0.15, 0.2) is 18.2 Å². The number of piperidine rings is 1. The van der Waals surface area contributed by atoms with Crippen LogP contribution in [0.25, 0.3) is 0 Å². The number of nitrogens with zero attached hydrogens (tertiary/aromatic N) is 1. The zero-order valence-electron chi connectivity index (χ0n) is 14.0. The quantitative estimate of drug-likeness (QED) is 0.900. The van der Waals surface area contributed by atoms with E-state index in [2.05, 4.69) is 0 Å². The second kappa shape index (κ2) is 6.28. The minimum atomic E-state index is -0.0794. The lowest BCUT2D eigenvalue weighted by atomic mass is 9.76. The molecule has 2 fully saturated rings. The lowest BCUT2D eigenvalue weighted by Crippen LogP contribution is -2.48. The van der Waals surface area contributed by atoms with Gasteiger partial charge in [-0.1, -0.05) is 18.9 Å². The maximum atomic E-state index is 12.7. The fourth-order valence-corrected chi connectivity index (χ4v) is 4.05. The molecule has 2 aliphatic heterocycles. The molecule has 2 heterocycles. The van der Waals surface area contributed by atoms with Gasteiger partial charge in [-0.05, 0) is 42.9 Å². The Kier molecular flexibility index (Phi) is 4.12. The molecule has 0 spiro atoms. The summed E-state index contributed by atoms with van der Waals surface area (Å²) in [6, 6.07) is 5.69. The van der Waals surface area contributed by atoms with Crippen molar-refractivity contribution in [1.29, 1.82) is 0 Å². The van der Waals surface area contributed by atoms with E-state index in [1.165, 1.54) is 12.8 Å². The van der Waals surface area contributed by atoms with E-state index < -0.39 is 0 Å². The molecule has 1 aromatic rings. The van der Waals surface area contributed by atoms with Crippen LogP contribution in [-0.2, 0) is 11.2 Å². The summed E-state index contributed by atoms with van der Waals surface area (Å²) in [6.07, 6.45) is 6.03. The van der Waals surface area contributed by atoms with Gasteiger partial charge in [0, 0.05) is 18.5 Å². The van der Waals surface area contributed by atoms with E-state index in [0.717, 1.165) is 48.8 Å². The van der Waals surface area contributed by atoms with Crippen LogP contribution in [-0.4, -0.2) is 42.4 Å². The molecule has 0 aromatic heterocycles. The average Bonchev–Trinajstić information content (AvgIpc) is 3.28. The second-order valence-electron chi connectivity index (χ2n) is 7.59. The van der Waals surface area contributed by atoms with Gasteiger partial charge in [-0.3, -0.25) is 4.79 Å². The van der Waals surface area contributed by atoms with Crippen LogP contribution in [0.1, 0.15) is 37.7 Å². The van der Waals surface area contributed by atoms with Gasteiger partial charge in [-0.2, -0.15) is 0 Å². The van der Waals surface area contributed by atoms with E-state index in [0.29, 0.717) is 13.0 Å². The molecular formula is C19H25NO4. The van der Waals surface area contributed by atoms with Crippen molar-refractivity contribution in [3.63, 3.8) is 0 Å². The monoisotopic (exact) mass is 331 g/mol. The van der Waals surface area contributed by atoms with Gasteiger partial charge < -0.3 is 19.5 Å². The highest BCUT2D eigenvalue weighted by Gasteiger charge is 2.40. The molecule has 5 nitrogen and oxygen atoms in total. The number of hydrogen-bond acceptors (Lipinski definition) is 4. The molecule has 1 saturated carbocycles. The molecule has 130 valence electrons. The highest BCUT2D eigenvalue weighted by atomic mass is 16.7. The molecule has 0 bridgehead atoms. The first-order valence-corrected chi connectivity index (χ1v) is 8.95. The van der Waals surface area contributed by atoms with Crippen LogP contribution in [0.2, 0.25) is 0 Å². The number of carbonyl (C=O) groups excluding carboxylic acids is 1. The lowest BCUT2D eigenvalue weighted by Gasteiger charge is -2.42. The van der Waals surface area contributed by atoms with Gasteiger partial charge in [0.25, 0.3) is 0 Å². The van der Waals surface area contributed by atoms with Gasteiger partial charge in [0.05, 0.1) is 13.0 Å². The van der Waals surface area contributed by atoms with Gasteiger partial charge in [-0.15, -0.1) is 0 Å². The highest BCUT2D eigenvalue weighted by Crippen LogP contribution is 2.44. The summed E-state index contributed by atoms with van der Waals surface area (Å²) in [4.78, 5) is 14.7. The Morgan fingerprint density at radius 2 is 2.12 bits per heavy atom. The number of amides is 1. The molecule has 1 aliphatic carbocycles. The SMILES string of the molecule is O=C(Cc1ccc2c(c1)OCO2)N1CCCC(CO)(CC2CC2)C1. The Morgan fingerprint density at radius 1 is 1.29 bits per heavy atom. The van der Waals surface area contributed by atoms with Crippen molar-refractivity contribution in [2.75, 3.05) is 26.5 Å². The third kappa shape index (κ3) is 3.22. The molecule has 1 N–H and O–H groups in total. The third-order valence-electron chi connectivity index (χ3n) is 5.56. The van der Waals surface area contributed by atoms with Gasteiger partial charge in [-0.25, -0.2) is 0 Å². The number of carbonyl (C=O) groups is 1. The van der Waals surface area contributed by atoms with E-state index in [-0.39, 0.29) is 24.7 Å². The zero-order valence-corrected chi connectivity index (χ0v) is 14.0. The van der Waals surface area contributed by atoms with Crippen LogP contribution in [0.5, 0.6) is 11.5 Å². The van der Waals surface area contributed by atoms with Crippen molar-refractivity contribution in [1.82, 2.24) is 4.90 Å². The Bertz CT molecular complexity index is 628. The average molecular weight is 331 g/mol. The minimum Gasteiger partial charge on any atom is -0.454 e. The number of benzene rings is 1. The largest absolute Gasteiger partial charge is 0.454 e. The summed E-state index contributed by atoms with van der Waals surface area (Å²) < 4.78 is 10.7. The molecular weight excluding hydrogens is 306 g/mol. The van der Waals surface area contributed by atoms with Crippen LogP contribution in [0.4, 0.5) is 0 Å². The van der Waals surface area contributed by atoms with E-state index in [9.17, 15) is 9.90 Å². The fourth-order valence-electron chi connectivity index (χ4n) is 4.05. The molecule has 1 saturated heterocycles. The molecule has 1 amide bonds. The standard InChI is InChI=1S/C19H25NO4/c21-12-19(10-14-2-3-14)6-1-7-20(11-19)18(22)9-15-4-5-16-17(8-15)24-13-23-16/h4-5,8,14,21H,1-3,6-7,9-13H2. The number of fused-ring (bicyclic) bond motifs is 1. The summed E-state index contributed by atoms with van der Waals surface area (Å²) in [6.45, 7) is 1.94. The number of hydrogen-bond donors (Lipinski definition) is 1. The van der Waals surface area contributed by atoms with Crippen LogP contribution >= 0.6 is 0 Å². The predicted molar refractivity (Wildman–Crippen MR) is 88.9 cm³/mol. The van der Waals surface area contributed by atoms with Crippen molar-refractivity contribution in [2.24, 2.45) is 11.3 Å². The summed E-state index contributed by atoms with van der Waals surface area (Å²) >= 11 is 0. The van der Waals surface area contributed by atoms with Gasteiger partial charge in [0.15, 0.2) is 11.5 Å². The maximum Gasteiger partial charge on any atom is 0.231 e. The van der Waals surface area contributed by atoms with Crippen LogP contribution < -0.4 is 9.47 Å². The first-order valence-electron chi connectivity index (χ1n) is 8.95. The molecule has 0 radical (unpaired) electrons. The number of ether oxygens (including phenoxy) is 2. The zero-order chi connectivity index (χ0) is 16.6. The summed E-state index contributed by atoms with van der Waals surface area (Å²) in [5.41, 5.74) is 0.871. The predicted octanol–water partition coefficient (Wildman–Crippen LogP) is 2.36. The van der Waals surface area contributed by atoms with Crippen molar-refractivity contribution in [3.8, 4) is 11.5 Å². The van der Waals surface area contributed by atoms with E-state index in [1.807, 2.05) is 23.1 Å². The molecule has 3 aliphatic rings. The maximum absolute atomic E-state index is 12.7. The Balaban J connectivity index is 1.41. The Morgan fingerprint density at radius 3 is 2.92 bits per heavy atom. The van der Waals surface area contributed by atoms with Crippen molar-refractivity contribution < 1.29 is 19.4 Å². The first-order chi connectivity index (χ1) is 11.7. The number of rotatable bonds is 5. The second-order valence-corrected chi connectivity index (χ2v) is 7.59. The molecule has 4 rings (SSSR count). The number of likely N-dealkylation sites (tertiary alicyclic amines) is 1. The summed E-state index contributed by atoms with van der Waals surface area (Å²) in [5, 5.41) is 9.94. The van der Waals surface area contributed by atoms with Gasteiger partial charge in [0.2, 0.25) is 12.7 Å². The van der Waals surface area contributed by atoms with E-state index in [4.69, 9.17) is 9.47 Å². The van der Waals surface area contributed by atoms with Gasteiger partial charge >= 0.3 is 0 Å². The number of aliphatic hydroxyl groups is 1. The molecule has 1 atom stereocenters. The van der Waals surface area contributed by atoms with Crippen molar-refractivity contribution >= 4 is 5.91 Å². The van der Waals surface area contributed by atoms with E-state index >= 15 is 0 Å². The van der Waals surface area contributed by atoms with E-state index in [1.54, 1.807) is 0 Å². The molecule has 1 unspecified atom stereocenters. The van der Waals surface area contributed by atoms with Crippen molar-refractivity contribution in [3.05, 3.63) is 23.8 Å². The van der Waals surface area contributed by atoms with Crippen LogP contribution in [0.3, 0.4) is 0 Å². The van der Waals surface area contributed by atoms with Gasteiger partial charge in [0.1, 0.15) is 0 Å². The van der Waals surface area contributed by atoms with Crippen molar-refractivity contribution in [2.45, 2.75) is 38.5 Å². The first kappa shape index (κ1) is 15.8. The topological polar surface area (TPSA) is 59.0 Å². The number of aliphatic hydroxyl groups excluding tert-OH is 1. The van der Waals surface area contributed by atoms with Crippen LogP contribution in [0, 0.1) is 11.3 Å². The Labute approximate surface area is 142 Å². The fraction of sp³-hybridized carbons (Fsp3) is 0.632. The molecule has 1 aromatic carbocycles. The molecule has 5 heteroatoms. The smallest absolute Gasteiger partial charge is 0.231 e. The lowest BCUT2D eigenvalue weighted by molar-refractivity contribution is -0.135. The summed E-state index contributed by atoms with van der Waals surface area (Å²) in [7, 11) is 0. The molecule has 24 heavy (non-hydrogen) atoms. The third-order valence-corrected chi connectivity index (χ3v) is 5.56. The normalized spacial score (nSPS) is 25.8. The Hall–Kier alpha value is -1.75. The minimum absolute atomic E-state index is 0.0794. The highest BCUT2D eigenvalue weighted by molar-refractivity contribution is 5.79. The summed E-state index contributed by atoms with van der Waals surface area (Å²) in [5.74, 6) is 2.37.